The van der Waals surface area contributed by atoms with Crippen molar-refractivity contribution in [3.8, 4) is 0 Å². The van der Waals surface area contributed by atoms with E-state index < -0.39 is 12.0 Å². The normalized spacial score (nSPS) is 12.5. The van der Waals surface area contributed by atoms with Gasteiger partial charge in [0.15, 0.2) is 0 Å². The van der Waals surface area contributed by atoms with Gasteiger partial charge in [-0.2, -0.15) is 0 Å². The molecule has 2 N–H and O–H groups in total. The number of nitrogens with one attached hydrogen (secondary N) is 1. The van der Waals surface area contributed by atoms with E-state index in [1.165, 1.54) is 0 Å². The van der Waals surface area contributed by atoms with Crippen molar-refractivity contribution in [1.29, 1.82) is 0 Å². The zero-order valence-electron chi connectivity index (χ0n) is 13.0. The first-order chi connectivity index (χ1) is 9.84. The van der Waals surface area contributed by atoms with Crippen molar-refractivity contribution < 1.29 is 14.7 Å². The number of carboxylic acid groups (broad SMARTS) is 1. The number of hydrogen-bond donors (Lipinski definition) is 2. The number of anilines is 1. The third-order valence-electron chi connectivity index (χ3n) is 3.23. The molecule has 0 saturated heterocycles. The molecule has 0 saturated carbocycles. The average Bonchev–Trinajstić information content (AvgIpc) is 2.39. The summed E-state index contributed by atoms with van der Waals surface area (Å²) in [5.41, 5.74) is 0.815. The molecule has 0 fully saturated rings. The minimum Gasteiger partial charge on any atom is -0.480 e. The van der Waals surface area contributed by atoms with Gasteiger partial charge in [-0.25, -0.2) is 0 Å². The average molecular weight is 292 g/mol. The van der Waals surface area contributed by atoms with E-state index in [4.69, 9.17) is 5.11 Å². The van der Waals surface area contributed by atoms with Crippen molar-refractivity contribution in [2.75, 3.05) is 11.4 Å². The zero-order valence-corrected chi connectivity index (χ0v) is 13.0. The molecule has 21 heavy (non-hydrogen) atoms. The van der Waals surface area contributed by atoms with Crippen molar-refractivity contribution >= 4 is 17.6 Å². The van der Waals surface area contributed by atoms with Crippen LogP contribution in [0.15, 0.2) is 30.3 Å². The Labute approximate surface area is 126 Å². The van der Waals surface area contributed by atoms with Crippen molar-refractivity contribution in [2.24, 2.45) is 5.92 Å². The second-order valence-electron chi connectivity index (χ2n) is 5.63. The predicted molar refractivity (Wildman–Crippen MR) is 83.3 cm³/mol. The fraction of sp³-hybridized carbons (Fsp3) is 0.500. The van der Waals surface area contributed by atoms with E-state index in [-0.39, 0.29) is 24.4 Å². The molecular weight excluding hydrogens is 268 g/mol. The fourth-order valence-electron chi connectivity index (χ4n) is 2.21. The maximum Gasteiger partial charge on any atom is 0.320 e. The highest BCUT2D eigenvalue weighted by Gasteiger charge is 2.24. The van der Waals surface area contributed by atoms with Crippen LogP contribution in [0.3, 0.4) is 0 Å². The van der Waals surface area contributed by atoms with Gasteiger partial charge in [-0.1, -0.05) is 32.0 Å². The monoisotopic (exact) mass is 292 g/mol. The predicted octanol–water partition coefficient (Wildman–Crippen LogP) is 2.13. The molecule has 0 aliphatic rings. The SMILES string of the molecule is CC(C)C(NCC(=O)N(c1ccccc1)C(C)C)C(=O)O. The summed E-state index contributed by atoms with van der Waals surface area (Å²) in [4.78, 5) is 25.2. The maximum absolute atomic E-state index is 12.4. The van der Waals surface area contributed by atoms with Crippen LogP contribution in [0.5, 0.6) is 0 Å². The minimum absolute atomic E-state index is 0.00220. The number of aliphatic carboxylic acids is 1. The van der Waals surface area contributed by atoms with Gasteiger partial charge in [-0.3, -0.25) is 14.9 Å². The van der Waals surface area contributed by atoms with Crippen LogP contribution in [0.2, 0.25) is 0 Å². The summed E-state index contributed by atoms with van der Waals surface area (Å²) in [5.74, 6) is -1.16. The molecule has 0 aliphatic carbocycles. The largest absolute Gasteiger partial charge is 0.480 e. The van der Waals surface area contributed by atoms with E-state index in [0.29, 0.717) is 0 Å². The van der Waals surface area contributed by atoms with E-state index in [0.717, 1.165) is 5.69 Å². The topological polar surface area (TPSA) is 69.6 Å². The summed E-state index contributed by atoms with van der Waals surface area (Å²) in [5, 5.41) is 12.0. The van der Waals surface area contributed by atoms with Crippen LogP contribution in [-0.4, -0.2) is 35.6 Å². The number of carbonyl (C=O) groups excluding carboxylic acids is 1. The van der Waals surface area contributed by atoms with Gasteiger partial charge >= 0.3 is 5.97 Å². The lowest BCUT2D eigenvalue weighted by atomic mass is 10.0. The van der Waals surface area contributed by atoms with Crippen LogP contribution < -0.4 is 10.2 Å². The summed E-state index contributed by atoms with van der Waals surface area (Å²) in [6, 6.07) is 8.66. The van der Waals surface area contributed by atoms with Crippen molar-refractivity contribution in [1.82, 2.24) is 5.32 Å². The van der Waals surface area contributed by atoms with E-state index in [1.54, 1.807) is 4.90 Å². The molecular formula is C16H24N2O3. The number of nitrogens with zero attached hydrogens (tertiary/aromatic N) is 1. The van der Waals surface area contributed by atoms with Gasteiger partial charge in [-0.15, -0.1) is 0 Å². The molecule has 1 aromatic carbocycles. The third-order valence-corrected chi connectivity index (χ3v) is 3.23. The molecule has 1 unspecified atom stereocenters. The van der Waals surface area contributed by atoms with Gasteiger partial charge in [0.2, 0.25) is 5.91 Å². The number of para-hydroxylation sites is 1. The lowest BCUT2D eigenvalue weighted by Crippen LogP contribution is -2.48. The zero-order chi connectivity index (χ0) is 16.0. The van der Waals surface area contributed by atoms with E-state index in [1.807, 2.05) is 58.0 Å². The van der Waals surface area contributed by atoms with Crippen molar-refractivity contribution in [3.05, 3.63) is 30.3 Å². The number of benzene rings is 1. The maximum atomic E-state index is 12.4. The second-order valence-corrected chi connectivity index (χ2v) is 5.63. The Balaban J connectivity index is 2.77. The number of amides is 1. The van der Waals surface area contributed by atoms with Crippen molar-refractivity contribution in [3.63, 3.8) is 0 Å². The Morgan fingerprint density at radius 3 is 2.14 bits per heavy atom. The lowest BCUT2D eigenvalue weighted by Gasteiger charge is -2.28. The summed E-state index contributed by atoms with van der Waals surface area (Å²) in [7, 11) is 0. The Kier molecular flexibility index (Phi) is 6.37. The van der Waals surface area contributed by atoms with Gasteiger partial charge < -0.3 is 10.0 Å². The van der Waals surface area contributed by atoms with Crippen LogP contribution in [0.25, 0.3) is 0 Å². The van der Waals surface area contributed by atoms with Gasteiger partial charge in [0.05, 0.1) is 6.54 Å². The molecule has 0 aliphatic heterocycles. The first kappa shape index (κ1) is 17.2. The van der Waals surface area contributed by atoms with Crippen LogP contribution in [0.1, 0.15) is 27.7 Å². The number of rotatable bonds is 7. The van der Waals surface area contributed by atoms with E-state index in [2.05, 4.69) is 5.32 Å². The summed E-state index contributed by atoms with van der Waals surface area (Å²) in [6.07, 6.45) is 0. The highest BCUT2D eigenvalue weighted by Crippen LogP contribution is 2.16. The molecule has 0 bridgehead atoms. The summed E-state index contributed by atoms with van der Waals surface area (Å²) >= 11 is 0. The Morgan fingerprint density at radius 1 is 1.14 bits per heavy atom. The van der Waals surface area contributed by atoms with Crippen molar-refractivity contribution in [2.45, 2.75) is 39.8 Å². The standard InChI is InChI=1S/C16H24N2O3/c1-11(2)15(16(20)21)17-10-14(19)18(12(3)4)13-8-6-5-7-9-13/h5-9,11-12,15,17H,10H2,1-4H3,(H,20,21). The van der Waals surface area contributed by atoms with Gasteiger partial charge in [0.1, 0.15) is 6.04 Å². The highest BCUT2D eigenvalue weighted by atomic mass is 16.4. The van der Waals surface area contributed by atoms with Gasteiger partial charge in [-0.05, 0) is 31.9 Å². The summed E-state index contributed by atoms with van der Waals surface area (Å²) in [6.45, 7) is 7.49. The Bertz CT molecular complexity index is 472. The molecule has 1 amide bonds. The first-order valence-electron chi connectivity index (χ1n) is 7.18. The molecule has 5 nitrogen and oxygen atoms in total. The fourth-order valence-corrected chi connectivity index (χ4v) is 2.21. The van der Waals surface area contributed by atoms with Crippen LogP contribution in [0.4, 0.5) is 5.69 Å². The molecule has 0 radical (unpaired) electrons. The quantitative estimate of drug-likeness (QED) is 0.807. The molecule has 116 valence electrons. The molecule has 1 atom stereocenters. The Morgan fingerprint density at radius 2 is 1.71 bits per heavy atom. The lowest BCUT2D eigenvalue weighted by molar-refractivity contribution is -0.140. The van der Waals surface area contributed by atoms with Gasteiger partial charge in [0, 0.05) is 11.7 Å². The third kappa shape index (κ3) is 4.86. The van der Waals surface area contributed by atoms with Crippen LogP contribution in [0, 0.1) is 5.92 Å². The van der Waals surface area contributed by atoms with Crippen LogP contribution >= 0.6 is 0 Å². The molecule has 1 aromatic rings. The number of hydrogen-bond acceptors (Lipinski definition) is 3. The first-order valence-corrected chi connectivity index (χ1v) is 7.18. The second kappa shape index (κ2) is 7.78. The molecule has 0 spiro atoms. The van der Waals surface area contributed by atoms with Gasteiger partial charge in [0.25, 0.3) is 0 Å². The molecule has 5 heteroatoms. The Hall–Kier alpha value is -1.88. The van der Waals surface area contributed by atoms with E-state index >= 15 is 0 Å². The molecule has 1 rings (SSSR count). The number of carbonyl (C=O) groups is 2. The minimum atomic E-state index is -0.936. The van der Waals surface area contributed by atoms with E-state index in [9.17, 15) is 9.59 Å². The molecule has 0 heterocycles. The smallest absolute Gasteiger partial charge is 0.320 e. The summed E-state index contributed by atoms with van der Waals surface area (Å²) < 4.78 is 0. The highest BCUT2D eigenvalue weighted by molar-refractivity contribution is 5.95. The molecule has 0 aromatic heterocycles. The van der Waals surface area contributed by atoms with Crippen LogP contribution in [-0.2, 0) is 9.59 Å². The number of carboxylic acids is 1.